The Labute approximate surface area is 105 Å². The molecular weight excluding hydrogens is 272 g/mol. The Balaban J connectivity index is 2.37. The van der Waals surface area contributed by atoms with Gasteiger partial charge < -0.3 is 5.32 Å². The highest BCUT2D eigenvalue weighted by molar-refractivity contribution is 9.10. The lowest BCUT2D eigenvalue weighted by atomic mass is 10.3. The molecule has 0 bridgehead atoms. The molecule has 86 valence electrons. The van der Waals surface area contributed by atoms with Crippen LogP contribution in [-0.2, 0) is 6.54 Å². The quantitative estimate of drug-likeness (QED) is 0.867. The third-order valence-corrected chi connectivity index (χ3v) is 4.15. The number of thiophene rings is 1. The lowest BCUT2D eigenvalue weighted by Crippen LogP contribution is -2.37. The minimum Gasteiger partial charge on any atom is -0.315 e. The van der Waals surface area contributed by atoms with E-state index in [0.717, 1.165) is 19.6 Å². The number of hydrogen-bond acceptors (Lipinski definition) is 3. The summed E-state index contributed by atoms with van der Waals surface area (Å²) in [5, 5.41) is 5.51. The molecule has 2 nitrogen and oxygen atoms in total. The largest absolute Gasteiger partial charge is 0.315 e. The maximum absolute atomic E-state index is 3.48. The van der Waals surface area contributed by atoms with Gasteiger partial charge in [0.1, 0.15) is 0 Å². The fraction of sp³-hybridized carbons (Fsp3) is 0.636. The second kappa shape index (κ2) is 6.63. The van der Waals surface area contributed by atoms with Gasteiger partial charge in [-0.2, -0.15) is 0 Å². The number of nitrogens with one attached hydrogen (secondary N) is 1. The molecule has 1 aromatic rings. The van der Waals surface area contributed by atoms with Gasteiger partial charge in [-0.1, -0.05) is 6.92 Å². The molecule has 1 unspecified atom stereocenters. The summed E-state index contributed by atoms with van der Waals surface area (Å²) in [6, 6.07) is 2.77. The lowest BCUT2D eigenvalue weighted by Gasteiger charge is -2.24. The Bertz CT molecular complexity index is 288. The van der Waals surface area contributed by atoms with Crippen molar-refractivity contribution in [1.29, 1.82) is 0 Å². The first-order valence-electron chi connectivity index (χ1n) is 5.27. The predicted octanol–water partition coefficient (Wildman–Crippen LogP) is 2.94. The zero-order chi connectivity index (χ0) is 11.3. The van der Waals surface area contributed by atoms with Crippen molar-refractivity contribution in [2.24, 2.45) is 0 Å². The van der Waals surface area contributed by atoms with Crippen molar-refractivity contribution in [2.75, 3.05) is 20.1 Å². The van der Waals surface area contributed by atoms with Crippen LogP contribution in [0.25, 0.3) is 0 Å². The van der Waals surface area contributed by atoms with Crippen LogP contribution < -0.4 is 5.32 Å². The van der Waals surface area contributed by atoms with Crippen molar-refractivity contribution in [3.63, 3.8) is 0 Å². The Morgan fingerprint density at radius 3 is 2.87 bits per heavy atom. The van der Waals surface area contributed by atoms with Crippen LogP contribution in [0, 0.1) is 0 Å². The average molecular weight is 291 g/mol. The predicted molar refractivity (Wildman–Crippen MR) is 71.5 cm³/mol. The zero-order valence-corrected chi connectivity index (χ0v) is 12.0. The minimum atomic E-state index is 0.575. The topological polar surface area (TPSA) is 15.3 Å². The summed E-state index contributed by atoms with van der Waals surface area (Å²) in [4.78, 5) is 3.79. The molecule has 0 aliphatic heterocycles. The SMILES string of the molecule is CCNCC(C)N(C)Cc1cc(Br)cs1. The number of nitrogens with zero attached hydrogens (tertiary/aromatic N) is 1. The van der Waals surface area contributed by atoms with Crippen molar-refractivity contribution in [2.45, 2.75) is 26.4 Å². The van der Waals surface area contributed by atoms with Crippen LogP contribution in [0.4, 0.5) is 0 Å². The molecule has 1 heterocycles. The van der Waals surface area contributed by atoms with Gasteiger partial charge in [-0.25, -0.2) is 0 Å². The van der Waals surface area contributed by atoms with Crippen molar-refractivity contribution < 1.29 is 0 Å². The molecule has 0 aliphatic rings. The molecule has 0 radical (unpaired) electrons. The summed E-state index contributed by atoms with van der Waals surface area (Å²) >= 11 is 5.29. The second-order valence-corrected chi connectivity index (χ2v) is 5.71. The summed E-state index contributed by atoms with van der Waals surface area (Å²) in [6.07, 6.45) is 0. The van der Waals surface area contributed by atoms with Crippen LogP contribution in [-0.4, -0.2) is 31.1 Å². The standard InChI is InChI=1S/C11H19BrN2S/c1-4-13-6-9(2)14(3)7-11-5-10(12)8-15-11/h5,8-9,13H,4,6-7H2,1-3H3. The highest BCUT2D eigenvalue weighted by Gasteiger charge is 2.09. The Morgan fingerprint density at radius 2 is 2.33 bits per heavy atom. The fourth-order valence-electron chi connectivity index (χ4n) is 1.35. The highest BCUT2D eigenvalue weighted by atomic mass is 79.9. The van der Waals surface area contributed by atoms with E-state index in [1.807, 2.05) is 11.3 Å². The molecule has 0 amide bonds. The third kappa shape index (κ3) is 4.64. The summed E-state index contributed by atoms with van der Waals surface area (Å²) in [5.74, 6) is 0. The number of likely N-dealkylation sites (N-methyl/N-ethyl adjacent to an activating group) is 2. The molecular formula is C11H19BrN2S. The molecule has 0 fully saturated rings. The Morgan fingerprint density at radius 1 is 1.60 bits per heavy atom. The van der Waals surface area contributed by atoms with E-state index in [2.05, 4.69) is 58.5 Å². The fourth-order valence-corrected chi connectivity index (χ4v) is 2.86. The summed E-state index contributed by atoms with van der Waals surface area (Å²) in [6.45, 7) is 7.53. The molecule has 4 heteroatoms. The van der Waals surface area contributed by atoms with E-state index in [1.54, 1.807) is 0 Å². The number of rotatable bonds is 6. The first-order valence-corrected chi connectivity index (χ1v) is 6.94. The van der Waals surface area contributed by atoms with Gasteiger partial charge >= 0.3 is 0 Å². The minimum absolute atomic E-state index is 0.575. The maximum Gasteiger partial charge on any atom is 0.0328 e. The molecule has 0 saturated heterocycles. The first-order chi connectivity index (χ1) is 7.13. The van der Waals surface area contributed by atoms with Gasteiger partial charge in [0, 0.05) is 33.9 Å². The summed E-state index contributed by atoms with van der Waals surface area (Å²) < 4.78 is 1.19. The molecule has 1 N–H and O–H groups in total. The Kier molecular flexibility index (Phi) is 5.82. The maximum atomic E-state index is 3.48. The lowest BCUT2D eigenvalue weighted by molar-refractivity contribution is 0.246. The van der Waals surface area contributed by atoms with Gasteiger partial charge in [0.05, 0.1) is 0 Å². The van der Waals surface area contributed by atoms with E-state index >= 15 is 0 Å². The van der Waals surface area contributed by atoms with Crippen LogP contribution in [0.15, 0.2) is 15.9 Å². The molecule has 0 spiro atoms. The smallest absolute Gasteiger partial charge is 0.0328 e. The van der Waals surface area contributed by atoms with Gasteiger partial charge in [-0.3, -0.25) is 4.90 Å². The van der Waals surface area contributed by atoms with Crippen LogP contribution >= 0.6 is 27.3 Å². The van der Waals surface area contributed by atoms with Crippen molar-refractivity contribution in [1.82, 2.24) is 10.2 Å². The molecule has 15 heavy (non-hydrogen) atoms. The van der Waals surface area contributed by atoms with Crippen LogP contribution in [0.1, 0.15) is 18.7 Å². The number of hydrogen-bond donors (Lipinski definition) is 1. The van der Waals surface area contributed by atoms with Crippen molar-refractivity contribution >= 4 is 27.3 Å². The van der Waals surface area contributed by atoms with Gasteiger partial charge in [-0.05, 0) is 42.5 Å². The van der Waals surface area contributed by atoms with E-state index in [1.165, 1.54) is 9.35 Å². The van der Waals surface area contributed by atoms with Crippen LogP contribution in [0.3, 0.4) is 0 Å². The van der Waals surface area contributed by atoms with Crippen LogP contribution in [0.2, 0.25) is 0 Å². The van der Waals surface area contributed by atoms with Gasteiger partial charge in [-0.15, -0.1) is 11.3 Å². The molecule has 0 aliphatic carbocycles. The van der Waals surface area contributed by atoms with Crippen molar-refractivity contribution in [3.05, 3.63) is 20.8 Å². The summed E-state index contributed by atoms with van der Waals surface area (Å²) in [5.41, 5.74) is 0. The van der Waals surface area contributed by atoms with Crippen LogP contribution in [0.5, 0.6) is 0 Å². The second-order valence-electron chi connectivity index (χ2n) is 3.80. The van der Waals surface area contributed by atoms with E-state index in [9.17, 15) is 0 Å². The molecule has 1 atom stereocenters. The normalized spacial score (nSPS) is 13.4. The van der Waals surface area contributed by atoms with E-state index in [-0.39, 0.29) is 0 Å². The zero-order valence-electron chi connectivity index (χ0n) is 9.59. The Hall–Kier alpha value is 0.1000. The van der Waals surface area contributed by atoms with Crippen molar-refractivity contribution in [3.8, 4) is 0 Å². The number of halogens is 1. The molecule has 1 aromatic heterocycles. The molecule has 1 rings (SSSR count). The summed E-state index contributed by atoms with van der Waals surface area (Å²) in [7, 11) is 2.18. The highest BCUT2D eigenvalue weighted by Crippen LogP contribution is 2.21. The van der Waals surface area contributed by atoms with E-state index < -0.39 is 0 Å². The van der Waals surface area contributed by atoms with Gasteiger partial charge in [0.15, 0.2) is 0 Å². The molecule has 0 aromatic carbocycles. The monoisotopic (exact) mass is 290 g/mol. The van der Waals surface area contributed by atoms with E-state index in [0.29, 0.717) is 6.04 Å². The average Bonchev–Trinajstić information content (AvgIpc) is 2.60. The van der Waals surface area contributed by atoms with Gasteiger partial charge in [0.2, 0.25) is 0 Å². The third-order valence-electron chi connectivity index (χ3n) is 2.47. The van der Waals surface area contributed by atoms with E-state index in [4.69, 9.17) is 0 Å². The molecule has 0 saturated carbocycles. The first kappa shape index (κ1) is 13.2. The van der Waals surface area contributed by atoms with Gasteiger partial charge in [0.25, 0.3) is 0 Å².